The number of carboxylic acid groups (broad SMARTS) is 1. The van der Waals surface area contributed by atoms with E-state index < -0.39 is 35.3 Å². The summed E-state index contributed by atoms with van der Waals surface area (Å²) in [4.78, 5) is 41.6. The van der Waals surface area contributed by atoms with Crippen LogP contribution in [0.2, 0.25) is 0 Å². The van der Waals surface area contributed by atoms with Crippen LogP contribution >= 0.6 is 0 Å². The van der Waals surface area contributed by atoms with E-state index in [0.717, 1.165) is 16.7 Å². The summed E-state index contributed by atoms with van der Waals surface area (Å²) >= 11 is 0. The number of hydrogen-bond donors (Lipinski definition) is 2. The number of rotatable bonds is 5. The smallest absolute Gasteiger partial charge is 0.329 e. The first-order valence-corrected chi connectivity index (χ1v) is 11.0. The Hall–Kier alpha value is -3.77. The van der Waals surface area contributed by atoms with E-state index >= 15 is 0 Å². The Labute approximate surface area is 191 Å². The molecule has 0 aromatic heterocycles. The first-order valence-electron chi connectivity index (χ1n) is 11.0. The molecule has 2 saturated heterocycles. The minimum absolute atomic E-state index is 0.122. The molecule has 3 aromatic rings. The fourth-order valence-corrected chi connectivity index (χ4v) is 5.38. The third kappa shape index (κ3) is 3.17. The van der Waals surface area contributed by atoms with Crippen molar-refractivity contribution in [2.75, 3.05) is 0 Å². The lowest BCUT2D eigenvalue weighted by Crippen LogP contribution is -2.53. The van der Waals surface area contributed by atoms with Crippen molar-refractivity contribution in [2.24, 2.45) is 11.8 Å². The van der Waals surface area contributed by atoms with Gasteiger partial charge in [-0.2, -0.15) is 0 Å². The molecule has 0 bridgehead atoms. The highest BCUT2D eigenvalue weighted by atomic mass is 16.4. The van der Waals surface area contributed by atoms with Crippen molar-refractivity contribution in [3.8, 4) is 0 Å². The highest BCUT2D eigenvalue weighted by Crippen LogP contribution is 2.53. The summed E-state index contributed by atoms with van der Waals surface area (Å²) in [6.07, 6.45) is 0. The fourth-order valence-electron chi connectivity index (χ4n) is 5.38. The van der Waals surface area contributed by atoms with Gasteiger partial charge in [0.25, 0.3) is 0 Å². The van der Waals surface area contributed by atoms with Crippen molar-refractivity contribution in [3.05, 3.63) is 107 Å². The molecule has 2 aliphatic heterocycles. The molecule has 33 heavy (non-hydrogen) atoms. The first kappa shape index (κ1) is 21.1. The Morgan fingerprint density at radius 1 is 0.909 bits per heavy atom. The van der Waals surface area contributed by atoms with Gasteiger partial charge in [0.15, 0.2) is 5.54 Å². The van der Waals surface area contributed by atoms with E-state index in [9.17, 15) is 19.5 Å². The van der Waals surface area contributed by atoms with E-state index in [1.807, 2.05) is 61.5 Å². The molecular formula is C27H24N2O4. The lowest BCUT2D eigenvalue weighted by Gasteiger charge is -2.32. The van der Waals surface area contributed by atoms with Gasteiger partial charge in [0, 0.05) is 6.04 Å². The van der Waals surface area contributed by atoms with Gasteiger partial charge in [0.2, 0.25) is 11.8 Å². The summed E-state index contributed by atoms with van der Waals surface area (Å²) in [6.45, 7) is 2.05. The molecule has 0 radical (unpaired) electrons. The molecule has 0 saturated carbocycles. The van der Waals surface area contributed by atoms with Crippen LogP contribution in [0.15, 0.2) is 84.9 Å². The van der Waals surface area contributed by atoms with E-state index in [1.54, 1.807) is 30.3 Å². The van der Waals surface area contributed by atoms with Gasteiger partial charge < -0.3 is 5.11 Å². The van der Waals surface area contributed by atoms with Crippen molar-refractivity contribution in [1.29, 1.82) is 0 Å². The zero-order chi connectivity index (χ0) is 23.2. The van der Waals surface area contributed by atoms with Crippen molar-refractivity contribution < 1.29 is 19.5 Å². The lowest BCUT2D eigenvalue weighted by molar-refractivity contribution is -0.152. The summed E-state index contributed by atoms with van der Waals surface area (Å²) in [5.74, 6) is -3.84. The van der Waals surface area contributed by atoms with Gasteiger partial charge in [-0.3, -0.25) is 19.8 Å². The van der Waals surface area contributed by atoms with Gasteiger partial charge in [-0.25, -0.2) is 4.79 Å². The fraction of sp³-hybridized carbons (Fsp3) is 0.222. The van der Waals surface area contributed by atoms with Crippen LogP contribution in [0.3, 0.4) is 0 Å². The number of likely N-dealkylation sites (tertiary alicyclic amines) is 1. The van der Waals surface area contributed by atoms with Crippen LogP contribution < -0.4 is 5.32 Å². The highest BCUT2D eigenvalue weighted by Gasteiger charge is 2.69. The van der Waals surface area contributed by atoms with E-state index in [4.69, 9.17) is 0 Å². The quantitative estimate of drug-likeness (QED) is 0.594. The van der Waals surface area contributed by atoms with Crippen molar-refractivity contribution in [1.82, 2.24) is 10.2 Å². The predicted octanol–water partition coefficient (Wildman–Crippen LogP) is 3.42. The van der Waals surface area contributed by atoms with Crippen molar-refractivity contribution in [2.45, 2.75) is 25.0 Å². The molecule has 166 valence electrons. The average Bonchev–Trinajstić information content (AvgIpc) is 3.31. The molecule has 6 heteroatoms. The van der Waals surface area contributed by atoms with Gasteiger partial charge in [0.05, 0.1) is 18.4 Å². The largest absolute Gasteiger partial charge is 0.480 e. The second kappa shape index (κ2) is 7.98. The lowest BCUT2D eigenvalue weighted by atomic mass is 9.75. The number of carbonyl (C=O) groups excluding carboxylic acids is 2. The number of benzene rings is 3. The maximum atomic E-state index is 13.8. The Morgan fingerprint density at radius 2 is 1.52 bits per heavy atom. The molecule has 0 spiro atoms. The summed E-state index contributed by atoms with van der Waals surface area (Å²) in [7, 11) is 0. The number of fused-ring (bicyclic) bond motifs is 1. The first-order chi connectivity index (χ1) is 15.9. The van der Waals surface area contributed by atoms with Crippen LogP contribution in [0.25, 0.3) is 0 Å². The van der Waals surface area contributed by atoms with Crippen molar-refractivity contribution >= 4 is 17.8 Å². The second-order valence-electron chi connectivity index (χ2n) is 8.71. The topological polar surface area (TPSA) is 86.7 Å². The zero-order valence-electron chi connectivity index (χ0n) is 18.1. The Balaban J connectivity index is 1.67. The summed E-state index contributed by atoms with van der Waals surface area (Å²) < 4.78 is 0. The number of carbonyl (C=O) groups is 3. The third-order valence-electron chi connectivity index (χ3n) is 6.92. The SMILES string of the molecule is Cc1ccccc1C1NC(C(=O)O)(c2ccccc2)C2C(=O)N(Cc3ccccc3)C(=O)C12. The molecule has 3 aromatic carbocycles. The van der Waals surface area contributed by atoms with E-state index in [2.05, 4.69) is 5.32 Å². The molecule has 5 rings (SSSR count). The van der Waals surface area contributed by atoms with Crippen LogP contribution in [-0.4, -0.2) is 27.8 Å². The molecule has 2 fully saturated rings. The van der Waals surface area contributed by atoms with Crippen LogP contribution in [-0.2, 0) is 26.5 Å². The number of carboxylic acids is 1. The Bertz CT molecular complexity index is 1230. The average molecular weight is 440 g/mol. The minimum Gasteiger partial charge on any atom is -0.480 e. The Morgan fingerprint density at radius 3 is 2.15 bits per heavy atom. The van der Waals surface area contributed by atoms with E-state index in [0.29, 0.717) is 5.56 Å². The van der Waals surface area contributed by atoms with E-state index in [-0.39, 0.29) is 12.5 Å². The molecule has 4 unspecified atom stereocenters. The maximum Gasteiger partial charge on any atom is 0.329 e. The normalized spacial score (nSPS) is 26.5. The molecule has 2 amide bonds. The molecular weight excluding hydrogens is 416 g/mol. The number of amides is 2. The minimum atomic E-state index is -1.71. The van der Waals surface area contributed by atoms with Crippen LogP contribution in [0.4, 0.5) is 0 Å². The number of hydrogen-bond acceptors (Lipinski definition) is 4. The second-order valence-corrected chi connectivity index (χ2v) is 8.71. The summed E-state index contributed by atoms with van der Waals surface area (Å²) in [6, 6.07) is 25.0. The Kier molecular flexibility index (Phi) is 5.10. The highest BCUT2D eigenvalue weighted by molar-refractivity contribution is 6.09. The van der Waals surface area contributed by atoms with Gasteiger partial charge in [0.1, 0.15) is 0 Å². The van der Waals surface area contributed by atoms with Gasteiger partial charge in [-0.1, -0.05) is 84.9 Å². The predicted molar refractivity (Wildman–Crippen MR) is 122 cm³/mol. The van der Waals surface area contributed by atoms with E-state index in [1.165, 1.54) is 4.90 Å². The molecule has 2 heterocycles. The maximum absolute atomic E-state index is 13.8. The van der Waals surface area contributed by atoms with Crippen LogP contribution in [0.5, 0.6) is 0 Å². The molecule has 2 N–H and O–H groups in total. The van der Waals surface area contributed by atoms with Crippen molar-refractivity contribution in [3.63, 3.8) is 0 Å². The monoisotopic (exact) mass is 440 g/mol. The third-order valence-corrected chi connectivity index (χ3v) is 6.92. The number of nitrogens with zero attached hydrogens (tertiary/aromatic N) is 1. The van der Waals surface area contributed by atoms with Gasteiger partial charge in [-0.05, 0) is 29.2 Å². The number of imide groups is 1. The number of aryl methyl sites for hydroxylation is 1. The number of aliphatic carboxylic acids is 1. The zero-order valence-corrected chi connectivity index (χ0v) is 18.1. The van der Waals surface area contributed by atoms with Gasteiger partial charge >= 0.3 is 5.97 Å². The molecule has 6 nitrogen and oxygen atoms in total. The standard InChI is InChI=1S/C27H24N2O4/c1-17-10-8-9-15-20(17)23-21-22(27(28-23,26(32)33)19-13-6-3-7-14-19)25(31)29(24(21)30)16-18-11-4-2-5-12-18/h2-15,21-23,28H,16H2,1H3,(H,32,33). The summed E-state index contributed by atoms with van der Waals surface area (Å²) in [5, 5.41) is 13.8. The molecule has 0 aliphatic carbocycles. The van der Waals surface area contributed by atoms with Gasteiger partial charge in [-0.15, -0.1) is 0 Å². The molecule has 4 atom stereocenters. The molecule has 2 aliphatic rings. The van der Waals surface area contributed by atoms with Crippen LogP contribution in [0, 0.1) is 18.8 Å². The summed E-state index contributed by atoms with van der Waals surface area (Å²) in [5.41, 5.74) is 1.34. The number of nitrogens with one attached hydrogen (secondary N) is 1. The van der Waals surface area contributed by atoms with Crippen LogP contribution in [0.1, 0.15) is 28.3 Å².